The number of carbonyl (C=O) groups excluding carboxylic acids is 1. The van der Waals surface area contributed by atoms with E-state index in [0.29, 0.717) is 12.5 Å². The Morgan fingerprint density at radius 2 is 2.20 bits per heavy atom. The lowest BCUT2D eigenvalue weighted by Crippen LogP contribution is -2.37. The zero-order valence-electron chi connectivity index (χ0n) is 12.0. The molecule has 3 N–H and O–H groups in total. The Labute approximate surface area is 119 Å². The lowest BCUT2D eigenvalue weighted by Gasteiger charge is -2.31. The average Bonchev–Trinajstić information content (AvgIpc) is 2.84. The molecule has 2 aliphatic rings. The monoisotopic (exact) mass is 275 g/mol. The molecule has 0 spiro atoms. The first kappa shape index (κ1) is 13.2. The Balaban J connectivity index is 1.93. The SMILES string of the molecule is CC1OCCC1N(C)c1cc2c(cc1N)CCC(=O)N2. The third kappa shape index (κ3) is 2.22. The second-order valence-corrected chi connectivity index (χ2v) is 5.66. The predicted molar refractivity (Wildman–Crippen MR) is 80.0 cm³/mol. The van der Waals surface area contributed by atoms with Gasteiger partial charge in [-0.15, -0.1) is 0 Å². The van der Waals surface area contributed by atoms with Gasteiger partial charge in [0, 0.05) is 25.8 Å². The van der Waals surface area contributed by atoms with Gasteiger partial charge in [-0.2, -0.15) is 0 Å². The summed E-state index contributed by atoms with van der Waals surface area (Å²) >= 11 is 0. The topological polar surface area (TPSA) is 67.6 Å². The number of fused-ring (bicyclic) bond motifs is 1. The van der Waals surface area contributed by atoms with E-state index in [-0.39, 0.29) is 12.0 Å². The normalized spacial score (nSPS) is 25.2. The van der Waals surface area contributed by atoms with Crippen LogP contribution in [0.25, 0.3) is 0 Å². The minimum atomic E-state index is 0.0773. The Bertz CT molecular complexity index is 544. The molecule has 5 heteroatoms. The van der Waals surface area contributed by atoms with Crippen LogP contribution in [0.2, 0.25) is 0 Å². The van der Waals surface area contributed by atoms with Crippen molar-refractivity contribution in [1.82, 2.24) is 0 Å². The molecule has 1 aromatic carbocycles. The summed E-state index contributed by atoms with van der Waals surface area (Å²) in [6, 6.07) is 4.31. The number of nitrogens with zero attached hydrogens (tertiary/aromatic N) is 1. The number of aryl methyl sites for hydroxylation is 1. The lowest BCUT2D eigenvalue weighted by atomic mass is 10.00. The maximum absolute atomic E-state index is 11.5. The van der Waals surface area contributed by atoms with Crippen LogP contribution in [0.3, 0.4) is 0 Å². The highest BCUT2D eigenvalue weighted by Crippen LogP contribution is 2.35. The van der Waals surface area contributed by atoms with E-state index in [1.165, 1.54) is 0 Å². The van der Waals surface area contributed by atoms with E-state index < -0.39 is 0 Å². The highest BCUT2D eigenvalue weighted by atomic mass is 16.5. The third-order valence-electron chi connectivity index (χ3n) is 4.36. The highest BCUT2D eigenvalue weighted by Gasteiger charge is 2.29. The largest absolute Gasteiger partial charge is 0.397 e. The van der Waals surface area contributed by atoms with Gasteiger partial charge < -0.3 is 20.7 Å². The molecule has 1 amide bonds. The molecule has 1 saturated heterocycles. The van der Waals surface area contributed by atoms with E-state index in [2.05, 4.69) is 17.1 Å². The summed E-state index contributed by atoms with van der Waals surface area (Å²) in [5.41, 5.74) is 9.94. The number of rotatable bonds is 2. The second kappa shape index (κ2) is 4.98. The molecule has 0 radical (unpaired) electrons. The van der Waals surface area contributed by atoms with Crippen LogP contribution in [0.15, 0.2) is 12.1 Å². The zero-order chi connectivity index (χ0) is 14.3. The van der Waals surface area contributed by atoms with Crippen LogP contribution in [0.5, 0.6) is 0 Å². The van der Waals surface area contributed by atoms with Gasteiger partial charge in [-0.25, -0.2) is 0 Å². The highest BCUT2D eigenvalue weighted by molar-refractivity contribution is 5.95. The fourth-order valence-electron chi connectivity index (χ4n) is 3.15. The first-order chi connectivity index (χ1) is 9.56. The van der Waals surface area contributed by atoms with E-state index in [1.807, 2.05) is 19.2 Å². The molecule has 2 atom stereocenters. The molecule has 1 fully saturated rings. The minimum absolute atomic E-state index is 0.0773. The zero-order valence-corrected chi connectivity index (χ0v) is 12.0. The Kier molecular flexibility index (Phi) is 3.30. The van der Waals surface area contributed by atoms with Crippen molar-refractivity contribution >= 4 is 23.0 Å². The number of likely N-dealkylation sites (N-methyl/N-ethyl adjacent to an activating group) is 1. The summed E-state index contributed by atoms with van der Waals surface area (Å²) in [6.07, 6.45) is 2.50. The number of ether oxygens (including phenoxy) is 1. The molecule has 0 aromatic heterocycles. The van der Waals surface area contributed by atoms with Gasteiger partial charge in [-0.05, 0) is 37.5 Å². The number of hydrogen-bond donors (Lipinski definition) is 2. The van der Waals surface area contributed by atoms with Crippen molar-refractivity contribution in [3.63, 3.8) is 0 Å². The molecular formula is C15H21N3O2. The van der Waals surface area contributed by atoms with Gasteiger partial charge in [0.05, 0.1) is 23.5 Å². The van der Waals surface area contributed by atoms with Gasteiger partial charge in [-0.3, -0.25) is 4.79 Å². The Morgan fingerprint density at radius 1 is 1.40 bits per heavy atom. The maximum Gasteiger partial charge on any atom is 0.224 e. The number of hydrogen-bond acceptors (Lipinski definition) is 4. The summed E-state index contributed by atoms with van der Waals surface area (Å²) in [6.45, 7) is 2.88. The van der Waals surface area contributed by atoms with Crippen LogP contribution in [0.1, 0.15) is 25.3 Å². The van der Waals surface area contributed by atoms with E-state index in [0.717, 1.165) is 42.1 Å². The van der Waals surface area contributed by atoms with Crippen molar-refractivity contribution in [2.45, 2.75) is 38.3 Å². The molecule has 0 aliphatic carbocycles. The smallest absolute Gasteiger partial charge is 0.224 e. The van der Waals surface area contributed by atoms with Crippen LogP contribution in [-0.4, -0.2) is 31.7 Å². The molecule has 0 bridgehead atoms. The molecule has 2 heterocycles. The summed E-state index contributed by atoms with van der Waals surface area (Å²) in [5, 5.41) is 2.93. The fraction of sp³-hybridized carbons (Fsp3) is 0.533. The number of anilines is 3. The Hall–Kier alpha value is -1.75. The molecule has 0 saturated carbocycles. The number of amides is 1. The Morgan fingerprint density at radius 3 is 2.90 bits per heavy atom. The maximum atomic E-state index is 11.5. The molecule has 1 aromatic rings. The summed E-state index contributed by atoms with van der Waals surface area (Å²) in [7, 11) is 2.04. The number of benzene rings is 1. The summed E-state index contributed by atoms with van der Waals surface area (Å²) in [5.74, 6) is 0.0773. The van der Waals surface area contributed by atoms with Gasteiger partial charge in [0.15, 0.2) is 0 Å². The minimum Gasteiger partial charge on any atom is -0.397 e. The second-order valence-electron chi connectivity index (χ2n) is 5.66. The number of carbonyl (C=O) groups is 1. The average molecular weight is 275 g/mol. The van der Waals surface area contributed by atoms with Gasteiger partial charge in [0.2, 0.25) is 5.91 Å². The number of nitrogens with two attached hydrogens (primary N) is 1. The van der Waals surface area contributed by atoms with Crippen LogP contribution < -0.4 is 16.0 Å². The van der Waals surface area contributed by atoms with Crippen molar-refractivity contribution in [2.24, 2.45) is 0 Å². The van der Waals surface area contributed by atoms with E-state index >= 15 is 0 Å². The lowest BCUT2D eigenvalue weighted by molar-refractivity contribution is -0.116. The van der Waals surface area contributed by atoms with Gasteiger partial charge in [0.25, 0.3) is 0 Å². The van der Waals surface area contributed by atoms with Crippen LogP contribution in [0, 0.1) is 0 Å². The van der Waals surface area contributed by atoms with Gasteiger partial charge >= 0.3 is 0 Å². The molecule has 2 aliphatic heterocycles. The first-order valence-corrected chi connectivity index (χ1v) is 7.13. The number of nitrogens with one attached hydrogen (secondary N) is 1. The first-order valence-electron chi connectivity index (χ1n) is 7.13. The molecular weight excluding hydrogens is 254 g/mol. The van der Waals surface area contributed by atoms with Crippen molar-refractivity contribution in [1.29, 1.82) is 0 Å². The fourth-order valence-corrected chi connectivity index (χ4v) is 3.15. The van der Waals surface area contributed by atoms with Crippen LogP contribution in [0.4, 0.5) is 17.1 Å². The van der Waals surface area contributed by atoms with E-state index in [9.17, 15) is 4.79 Å². The molecule has 2 unspecified atom stereocenters. The standard InChI is InChI=1S/C15H21N3O2/c1-9-13(5-6-20-9)18(2)14-8-12-10(7-11(14)16)3-4-15(19)17-12/h7-9,13H,3-6,16H2,1-2H3,(H,17,19). The van der Waals surface area contributed by atoms with Crippen molar-refractivity contribution in [3.05, 3.63) is 17.7 Å². The van der Waals surface area contributed by atoms with Gasteiger partial charge in [-0.1, -0.05) is 0 Å². The van der Waals surface area contributed by atoms with Gasteiger partial charge in [0.1, 0.15) is 0 Å². The van der Waals surface area contributed by atoms with E-state index in [4.69, 9.17) is 10.5 Å². The van der Waals surface area contributed by atoms with Crippen molar-refractivity contribution in [3.8, 4) is 0 Å². The van der Waals surface area contributed by atoms with Crippen LogP contribution >= 0.6 is 0 Å². The molecule has 20 heavy (non-hydrogen) atoms. The number of nitrogen functional groups attached to an aromatic ring is 1. The predicted octanol–water partition coefficient (Wildman–Crippen LogP) is 1.77. The molecule has 5 nitrogen and oxygen atoms in total. The summed E-state index contributed by atoms with van der Waals surface area (Å²) < 4.78 is 5.63. The third-order valence-corrected chi connectivity index (χ3v) is 4.36. The molecule has 3 rings (SSSR count). The van der Waals surface area contributed by atoms with Crippen LogP contribution in [-0.2, 0) is 16.0 Å². The summed E-state index contributed by atoms with van der Waals surface area (Å²) in [4.78, 5) is 13.7. The van der Waals surface area contributed by atoms with Crippen molar-refractivity contribution in [2.75, 3.05) is 29.6 Å². The quantitative estimate of drug-likeness (QED) is 0.807. The van der Waals surface area contributed by atoms with E-state index in [1.54, 1.807) is 0 Å². The molecule has 108 valence electrons. The van der Waals surface area contributed by atoms with Crippen molar-refractivity contribution < 1.29 is 9.53 Å².